The Morgan fingerprint density at radius 2 is 1.97 bits per heavy atom. The van der Waals surface area contributed by atoms with Crippen LogP contribution >= 0.6 is 0 Å². The highest BCUT2D eigenvalue weighted by atomic mass is 19.3. The Bertz CT molecular complexity index is 899. The summed E-state index contributed by atoms with van der Waals surface area (Å²) >= 11 is 0. The Kier molecular flexibility index (Phi) is 6.45. The number of hydrogen-bond donors (Lipinski definition) is 1. The number of piperazine rings is 1. The Morgan fingerprint density at radius 1 is 1.27 bits per heavy atom. The van der Waals surface area contributed by atoms with Gasteiger partial charge in [-0.25, -0.2) is 18.2 Å². The zero-order valence-electron chi connectivity index (χ0n) is 16.7. The fourth-order valence-electron chi connectivity index (χ4n) is 3.69. The quantitative estimate of drug-likeness (QED) is 0.771. The van der Waals surface area contributed by atoms with Crippen molar-refractivity contribution in [1.29, 1.82) is 0 Å². The molecule has 1 fully saturated rings. The molecular formula is C20H23F3N4O3. The van der Waals surface area contributed by atoms with E-state index >= 15 is 4.39 Å². The predicted molar refractivity (Wildman–Crippen MR) is 101 cm³/mol. The van der Waals surface area contributed by atoms with Gasteiger partial charge in [0.15, 0.2) is 6.39 Å². The molecule has 0 aliphatic carbocycles. The summed E-state index contributed by atoms with van der Waals surface area (Å²) in [6.07, 6.45) is -0.607. The van der Waals surface area contributed by atoms with Crippen LogP contribution < -0.4 is 5.32 Å². The fourth-order valence-corrected chi connectivity index (χ4v) is 3.69. The molecule has 30 heavy (non-hydrogen) atoms. The largest absolute Gasteiger partial charge is 0.438 e. The average molecular weight is 424 g/mol. The normalized spacial score (nSPS) is 17.1. The summed E-state index contributed by atoms with van der Waals surface area (Å²) in [4.78, 5) is 31.2. The molecule has 1 saturated heterocycles. The van der Waals surface area contributed by atoms with E-state index in [1.54, 1.807) is 11.8 Å². The number of benzene rings is 1. The molecule has 0 radical (unpaired) electrons. The van der Waals surface area contributed by atoms with Crippen LogP contribution in [0.2, 0.25) is 0 Å². The number of carbonyl (C=O) groups is 2. The van der Waals surface area contributed by atoms with Crippen molar-refractivity contribution in [1.82, 2.24) is 20.1 Å². The van der Waals surface area contributed by atoms with E-state index in [9.17, 15) is 18.4 Å². The van der Waals surface area contributed by atoms with Crippen molar-refractivity contribution in [3.63, 3.8) is 0 Å². The van der Waals surface area contributed by atoms with Crippen LogP contribution in [0.5, 0.6) is 0 Å². The third-order valence-electron chi connectivity index (χ3n) is 5.52. The Hall–Kier alpha value is -2.88. The third kappa shape index (κ3) is 4.33. The van der Waals surface area contributed by atoms with Crippen molar-refractivity contribution in [2.24, 2.45) is 0 Å². The standard InChI is InChI=1S/C20H23F3N4O3/c1-13(28)26-6-8-27(9-7-26)20(2,11-25-19(29)16-10-24-12-30-16)15-5-3-4-14(17(15)21)18(22)23/h3-5,10,12,18H,6-9,11H2,1-2H3,(H,25,29)/t20-/m0/s1. The number of hydrogen-bond acceptors (Lipinski definition) is 5. The molecular weight excluding hydrogens is 401 g/mol. The molecule has 1 aliphatic rings. The van der Waals surface area contributed by atoms with E-state index in [4.69, 9.17) is 4.42 Å². The minimum absolute atomic E-state index is 0.0134. The number of amides is 2. The highest BCUT2D eigenvalue weighted by Crippen LogP contribution is 2.34. The van der Waals surface area contributed by atoms with Crippen LogP contribution in [0.3, 0.4) is 0 Å². The molecule has 2 aromatic rings. The van der Waals surface area contributed by atoms with E-state index in [1.165, 1.54) is 25.3 Å². The maximum absolute atomic E-state index is 15.1. The van der Waals surface area contributed by atoms with Gasteiger partial charge in [0, 0.05) is 45.2 Å². The second-order valence-corrected chi connectivity index (χ2v) is 7.32. The van der Waals surface area contributed by atoms with Crippen LogP contribution in [-0.4, -0.2) is 59.3 Å². The fraction of sp³-hybridized carbons (Fsp3) is 0.450. The minimum atomic E-state index is -2.97. The molecule has 2 amide bonds. The zero-order valence-corrected chi connectivity index (χ0v) is 16.7. The Labute approximate surface area is 171 Å². The lowest BCUT2D eigenvalue weighted by Crippen LogP contribution is -2.59. The third-order valence-corrected chi connectivity index (χ3v) is 5.52. The SMILES string of the molecule is CC(=O)N1CCN([C@@](C)(CNC(=O)c2cnco2)c2cccc(C(F)F)c2F)CC1. The number of nitrogens with zero attached hydrogens (tertiary/aromatic N) is 3. The van der Waals surface area contributed by atoms with Crippen molar-refractivity contribution in [2.75, 3.05) is 32.7 Å². The molecule has 3 rings (SSSR count). The molecule has 0 saturated carbocycles. The van der Waals surface area contributed by atoms with Gasteiger partial charge in [-0.2, -0.15) is 0 Å². The van der Waals surface area contributed by atoms with Crippen molar-refractivity contribution >= 4 is 11.8 Å². The van der Waals surface area contributed by atoms with E-state index in [0.717, 1.165) is 12.5 Å². The summed E-state index contributed by atoms with van der Waals surface area (Å²) in [5.41, 5.74) is -1.77. The van der Waals surface area contributed by atoms with Crippen LogP contribution in [0.1, 0.15) is 42.0 Å². The number of alkyl halides is 2. The molecule has 1 aromatic carbocycles. The zero-order chi connectivity index (χ0) is 21.9. The number of nitrogens with one attached hydrogen (secondary N) is 1. The summed E-state index contributed by atoms with van der Waals surface area (Å²) in [5.74, 6) is -1.63. The van der Waals surface area contributed by atoms with Gasteiger partial charge in [0.05, 0.1) is 17.3 Å². The van der Waals surface area contributed by atoms with E-state index in [-0.39, 0.29) is 23.8 Å². The van der Waals surface area contributed by atoms with Gasteiger partial charge in [-0.3, -0.25) is 14.5 Å². The number of aromatic nitrogens is 1. The number of oxazole rings is 1. The van der Waals surface area contributed by atoms with Gasteiger partial charge in [-0.1, -0.05) is 18.2 Å². The molecule has 1 N–H and O–H groups in total. The van der Waals surface area contributed by atoms with Gasteiger partial charge in [0.2, 0.25) is 11.7 Å². The Morgan fingerprint density at radius 3 is 2.53 bits per heavy atom. The van der Waals surface area contributed by atoms with Crippen molar-refractivity contribution in [3.8, 4) is 0 Å². The second-order valence-electron chi connectivity index (χ2n) is 7.32. The van der Waals surface area contributed by atoms with E-state index in [0.29, 0.717) is 26.2 Å². The first-order valence-corrected chi connectivity index (χ1v) is 9.48. The average Bonchev–Trinajstić information content (AvgIpc) is 3.27. The maximum Gasteiger partial charge on any atom is 0.288 e. The monoisotopic (exact) mass is 424 g/mol. The molecule has 1 aliphatic heterocycles. The maximum atomic E-state index is 15.1. The number of halogens is 3. The van der Waals surface area contributed by atoms with Gasteiger partial charge in [0.25, 0.3) is 12.3 Å². The Balaban J connectivity index is 1.91. The smallest absolute Gasteiger partial charge is 0.288 e. The number of carbonyl (C=O) groups excluding carboxylic acids is 2. The molecule has 1 atom stereocenters. The van der Waals surface area contributed by atoms with Gasteiger partial charge in [-0.15, -0.1) is 0 Å². The van der Waals surface area contributed by atoms with Crippen molar-refractivity contribution in [2.45, 2.75) is 25.8 Å². The molecule has 7 nitrogen and oxygen atoms in total. The van der Waals surface area contributed by atoms with Gasteiger partial charge in [0.1, 0.15) is 5.82 Å². The topological polar surface area (TPSA) is 78.7 Å². The molecule has 2 heterocycles. The van der Waals surface area contributed by atoms with E-state index < -0.39 is 29.3 Å². The van der Waals surface area contributed by atoms with Crippen LogP contribution in [0.15, 0.2) is 35.2 Å². The van der Waals surface area contributed by atoms with Crippen molar-refractivity contribution in [3.05, 3.63) is 53.5 Å². The predicted octanol–water partition coefficient (Wildman–Crippen LogP) is 2.56. The first-order valence-electron chi connectivity index (χ1n) is 9.48. The molecule has 0 spiro atoms. The summed E-state index contributed by atoms with van der Waals surface area (Å²) in [7, 11) is 0. The lowest BCUT2D eigenvalue weighted by Gasteiger charge is -2.46. The van der Waals surface area contributed by atoms with Crippen molar-refractivity contribution < 1.29 is 27.2 Å². The molecule has 0 unspecified atom stereocenters. The minimum Gasteiger partial charge on any atom is -0.438 e. The second kappa shape index (κ2) is 8.86. The lowest BCUT2D eigenvalue weighted by atomic mass is 9.87. The molecule has 162 valence electrons. The first kappa shape index (κ1) is 21.8. The van der Waals surface area contributed by atoms with Gasteiger partial charge < -0.3 is 14.6 Å². The van der Waals surface area contributed by atoms with Gasteiger partial charge in [-0.05, 0) is 6.92 Å². The molecule has 10 heteroatoms. The number of rotatable bonds is 6. The van der Waals surface area contributed by atoms with Gasteiger partial charge >= 0.3 is 0 Å². The van der Waals surface area contributed by atoms with Crippen LogP contribution in [0.25, 0.3) is 0 Å². The van der Waals surface area contributed by atoms with E-state index in [2.05, 4.69) is 10.3 Å². The highest BCUT2D eigenvalue weighted by Gasteiger charge is 2.39. The summed E-state index contributed by atoms with van der Waals surface area (Å²) in [5, 5.41) is 2.68. The highest BCUT2D eigenvalue weighted by molar-refractivity contribution is 5.91. The summed E-state index contributed by atoms with van der Waals surface area (Å²) in [6, 6.07) is 3.87. The molecule has 0 bridgehead atoms. The summed E-state index contributed by atoms with van der Waals surface area (Å²) < 4.78 is 46.6. The van der Waals surface area contributed by atoms with Crippen LogP contribution in [0.4, 0.5) is 13.2 Å². The summed E-state index contributed by atoms with van der Waals surface area (Å²) in [6.45, 7) is 4.71. The van der Waals surface area contributed by atoms with Crippen LogP contribution in [-0.2, 0) is 10.3 Å². The molecule has 1 aromatic heterocycles. The first-order chi connectivity index (χ1) is 14.2. The lowest BCUT2D eigenvalue weighted by molar-refractivity contribution is -0.131. The van der Waals surface area contributed by atoms with Crippen LogP contribution in [0, 0.1) is 5.82 Å². The van der Waals surface area contributed by atoms with E-state index in [1.807, 2.05) is 4.90 Å².